The highest BCUT2D eigenvalue weighted by Crippen LogP contribution is 2.26. The topological polar surface area (TPSA) is 71.2 Å². The molecule has 1 saturated heterocycles. The Labute approximate surface area is 120 Å². The zero-order valence-electron chi connectivity index (χ0n) is 12.3. The average Bonchev–Trinajstić information content (AvgIpc) is 2.46. The molecule has 0 aromatic carbocycles. The maximum Gasteiger partial charge on any atom is 0.222 e. The number of aromatic nitrogens is 1. The molecule has 3 N–H and O–H groups in total. The summed E-state index contributed by atoms with van der Waals surface area (Å²) < 4.78 is 0. The van der Waals surface area contributed by atoms with Gasteiger partial charge in [-0.25, -0.2) is 4.98 Å². The van der Waals surface area contributed by atoms with E-state index in [0.717, 1.165) is 31.7 Å². The van der Waals surface area contributed by atoms with Crippen LogP contribution in [0.2, 0.25) is 0 Å². The number of carbonyl (C=O) groups excluding carboxylic acids is 1. The molecule has 2 rings (SSSR count). The molecule has 0 spiro atoms. The van der Waals surface area contributed by atoms with E-state index >= 15 is 0 Å². The second-order valence-corrected chi connectivity index (χ2v) is 5.48. The number of piperidine rings is 1. The lowest BCUT2D eigenvalue weighted by atomic mass is 9.93. The molecule has 1 fully saturated rings. The standard InChI is InChI=1S/C15H24N4O/c1-3-17-8-12-5-7-14(18-9-12)19-10-13(15(16)20)6-4-11(19)2/h5,7,9,11,13,17H,3-4,6,8,10H2,1-2H3,(H2,16,20). The highest BCUT2D eigenvalue weighted by Gasteiger charge is 2.29. The summed E-state index contributed by atoms with van der Waals surface area (Å²) in [6, 6.07) is 4.52. The first-order valence-electron chi connectivity index (χ1n) is 7.33. The molecule has 0 saturated carbocycles. The van der Waals surface area contributed by atoms with Crippen LogP contribution in [0.15, 0.2) is 18.3 Å². The molecule has 110 valence electrons. The van der Waals surface area contributed by atoms with Crippen LogP contribution < -0.4 is 16.0 Å². The van der Waals surface area contributed by atoms with Gasteiger partial charge in [0, 0.05) is 25.3 Å². The van der Waals surface area contributed by atoms with Gasteiger partial charge in [0.1, 0.15) is 5.82 Å². The second-order valence-electron chi connectivity index (χ2n) is 5.48. The SMILES string of the molecule is CCNCc1ccc(N2CC(C(N)=O)CCC2C)nc1. The molecule has 1 aromatic heterocycles. The predicted octanol–water partition coefficient (Wildman–Crippen LogP) is 1.28. The number of hydrogen-bond acceptors (Lipinski definition) is 4. The monoisotopic (exact) mass is 276 g/mol. The Balaban J connectivity index is 2.06. The lowest BCUT2D eigenvalue weighted by molar-refractivity contribution is -0.122. The van der Waals surface area contributed by atoms with Crippen LogP contribution in [0.1, 0.15) is 32.3 Å². The van der Waals surface area contributed by atoms with Gasteiger partial charge in [0.25, 0.3) is 0 Å². The maximum atomic E-state index is 11.4. The molecule has 2 atom stereocenters. The van der Waals surface area contributed by atoms with Crippen molar-refractivity contribution in [1.82, 2.24) is 10.3 Å². The van der Waals surface area contributed by atoms with Crippen LogP contribution in [-0.2, 0) is 11.3 Å². The largest absolute Gasteiger partial charge is 0.369 e. The number of nitrogens with two attached hydrogens (primary N) is 1. The van der Waals surface area contributed by atoms with Crippen molar-refractivity contribution in [3.05, 3.63) is 23.9 Å². The molecule has 1 amide bonds. The highest BCUT2D eigenvalue weighted by atomic mass is 16.1. The van der Waals surface area contributed by atoms with Crippen molar-refractivity contribution in [2.75, 3.05) is 18.0 Å². The highest BCUT2D eigenvalue weighted by molar-refractivity contribution is 5.77. The molecule has 1 aromatic rings. The van der Waals surface area contributed by atoms with Gasteiger partial charge in [-0.05, 0) is 37.9 Å². The Morgan fingerprint density at radius 3 is 2.90 bits per heavy atom. The third kappa shape index (κ3) is 3.48. The Hall–Kier alpha value is -1.62. The number of rotatable bonds is 5. The van der Waals surface area contributed by atoms with E-state index in [1.54, 1.807) is 0 Å². The molecule has 20 heavy (non-hydrogen) atoms. The zero-order chi connectivity index (χ0) is 14.5. The molecular weight excluding hydrogens is 252 g/mol. The van der Waals surface area contributed by atoms with Gasteiger partial charge in [-0.3, -0.25) is 4.79 Å². The van der Waals surface area contributed by atoms with Gasteiger partial charge in [0.05, 0.1) is 5.92 Å². The number of amides is 1. The Morgan fingerprint density at radius 2 is 2.30 bits per heavy atom. The minimum absolute atomic E-state index is 0.0607. The summed E-state index contributed by atoms with van der Waals surface area (Å²) in [5.41, 5.74) is 6.61. The smallest absolute Gasteiger partial charge is 0.222 e. The summed E-state index contributed by atoms with van der Waals surface area (Å²) in [6.45, 7) is 6.72. The third-order valence-electron chi connectivity index (χ3n) is 3.97. The number of carbonyl (C=O) groups is 1. The van der Waals surface area contributed by atoms with Crippen LogP contribution in [0, 0.1) is 5.92 Å². The van der Waals surface area contributed by atoms with E-state index in [9.17, 15) is 4.79 Å². The van der Waals surface area contributed by atoms with Gasteiger partial charge in [0.2, 0.25) is 5.91 Å². The van der Waals surface area contributed by atoms with Crippen LogP contribution >= 0.6 is 0 Å². The lowest BCUT2D eigenvalue weighted by Crippen LogP contribution is -2.46. The zero-order valence-corrected chi connectivity index (χ0v) is 12.3. The van der Waals surface area contributed by atoms with Crippen molar-refractivity contribution in [3.63, 3.8) is 0 Å². The number of nitrogens with one attached hydrogen (secondary N) is 1. The van der Waals surface area contributed by atoms with Crippen LogP contribution in [0.5, 0.6) is 0 Å². The lowest BCUT2D eigenvalue weighted by Gasteiger charge is -2.37. The first-order chi connectivity index (χ1) is 9.61. The molecule has 5 heteroatoms. The van der Waals surface area contributed by atoms with Gasteiger partial charge in [0.15, 0.2) is 0 Å². The van der Waals surface area contributed by atoms with E-state index in [-0.39, 0.29) is 11.8 Å². The molecule has 2 heterocycles. The number of pyridine rings is 1. The number of nitrogens with zero attached hydrogens (tertiary/aromatic N) is 2. The molecule has 0 radical (unpaired) electrons. The maximum absolute atomic E-state index is 11.4. The van der Waals surface area contributed by atoms with Gasteiger partial charge < -0.3 is 16.0 Å². The number of anilines is 1. The van der Waals surface area contributed by atoms with Crippen LogP contribution in [0.25, 0.3) is 0 Å². The van der Waals surface area contributed by atoms with Crippen molar-refractivity contribution >= 4 is 11.7 Å². The summed E-state index contributed by atoms with van der Waals surface area (Å²) in [7, 11) is 0. The van der Waals surface area contributed by atoms with E-state index in [4.69, 9.17) is 5.73 Å². The molecule has 2 unspecified atom stereocenters. The van der Waals surface area contributed by atoms with Gasteiger partial charge >= 0.3 is 0 Å². The summed E-state index contributed by atoms with van der Waals surface area (Å²) in [4.78, 5) is 18.1. The summed E-state index contributed by atoms with van der Waals surface area (Å²) in [5.74, 6) is 0.670. The fourth-order valence-corrected chi connectivity index (χ4v) is 2.62. The summed E-state index contributed by atoms with van der Waals surface area (Å²) in [5, 5.41) is 3.28. The third-order valence-corrected chi connectivity index (χ3v) is 3.97. The van der Waals surface area contributed by atoms with Crippen molar-refractivity contribution in [2.24, 2.45) is 11.7 Å². The van der Waals surface area contributed by atoms with Gasteiger partial charge in [-0.2, -0.15) is 0 Å². The normalized spacial score (nSPS) is 22.8. The molecule has 0 bridgehead atoms. The Bertz CT molecular complexity index is 446. The second kappa shape index (κ2) is 6.70. The van der Waals surface area contributed by atoms with Gasteiger partial charge in [-0.1, -0.05) is 13.0 Å². The Morgan fingerprint density at radius 1 is 1.50 bits per heavy atom. The van der Waals surface area contributed by atoms with Crippen molar-refractivity contribution < 1.29 is 4.79 Å². The molecule has 1 aliphatic rings. The van der Waals surface area contributed by atoms with Crippen molar-refractivity contribution in [2.45, 2.75) is 39.3 Å². The molecular formula is C15H24N4O. The number of primary amides is 1. The first-order valence-corrected chi connectivity index (χ1v) is 7.33. The van der Waals surface area contributed by atoms with Crippen molar-refractivity contribution in [1.29, 1.82) is 0 Å². The average molecular weight is 276 g/mol. The first kappa shape index (κ1) is 14.8. The van der Waals surface area contributed by atoms with E-state index in [0.29, 0.717) is 12.6 Å². The predicted molar refractivity (Wildman–Crippen MR) is 80.3 cm³/mol. The van der Waals surface area contributed by atoms with Crippen molar-refractivity contribution in [3.8, 4) is 0 Å². The Kier molecular flexibility index (Phi) is 4.95. The quantitative estimate of drug-likeness (QED) is 0.850. The van der Waals surface area contributed by atoms with Crippen LogP contribution in [-0.4, -0.2) is 30.0 Å². The van der Waals surface area contributed by atoms with E-state index in [1.807, 2.05) is 12.3 Å². The fraction of sp³-hybridized carbons (Fsp3) is 0.600. The minimum atomic E-state index is -0.203. The van der Waals surface area contributed by atoms with E-state index in [2.05, 4.69) is 35.1 Å². The summed E-state index contributed by atoms with van der Waals surface area (Å²) >= 11 is 0. The summed E-state index contributed by atoms with van der Waals surface area (Å²) in [6.07, 6.45) is 3.76. The molecule has 1 aliphatic heterocycles. The van der Waals surface area contributed by atoms with Crippen LogP contribution in [0.4, 0.5) is 5.82 Å². The fourth-order valence-electron chi connectivity index (χ4n) is 2.62. The number of hydrogen-bond donors (Lipinski definition) is 2. The van der Waals surface area contributed by atoms with E-state index in [1.165, 1.54) is 5.56 Å². The molecule has 0 aliphatic carbocycles. The van der Waals surface area contributed by atoms with Gasteiger partial charge in [-0.15, -0.1) is 0 Å². The minimum Gasteiger partial charge on any atom is -0.369 e. The van der Waals surface area contributed by atoms with Crippen LogP contribution in [0.3, 0.4) is 0 Å². The van der Waals surface area contributed by atoms with E-state index < -0.39 is 0 Å². The molecule has 5 nitrogen and oxygen atoms in total.